The topological polar surface area (TPSA) is 26.3 Å². The van der Waals surface area contributed by atoms with Crippen LogP contribution in [0.25, 0.3) is 0 Å². The van der Waals surface area contributed by atoms with Gasteiger partial charge in [-0.1, -0.05) is 26.0 Å². The molecule has 0 fully saturated rings. The Morgan fingerprint density at radius 2 is 2.06 bits per heavy atom. The molecule has 0 heterocycles. The third-order valence-electron chi connectivity index (χ3n) is 2.51. The SMILES string of the molecule is C=CCCCCCC(CC)OC(=O)C(=C)C. The molecule has 1 unspecified atom stereocenters. The minimum Gasteiger partial charge on any atom is -0.459 e. The van der Waals surface area contributed by atoms with Crippen molar-refractivity contribution in [3.05, 3.63) is 24.8 Å². The van der Waals surface area contributed by atoms with Crippen molar-refractivity contribution in [2.45, 2.75) is 58.5 Å². The lowest BCUT2D eigenvalue weighted by atomic mass is 10.1. The third-order valence-corrected chi connectivity index (χ3v) is 2.51. The first-order valence-corrected chi connectivity index (χ1v) is 6.09. The molecule has 0 aromatic carbocycles. The molecule has 0 aromatic rings. The molecule has 0 N–H and O–H groups in total. The number of esters is 1. The van der Waals surface area contributed by atoms with Gasteiger partial charge in [-0.05, 0) is 39.0 Å². The van der Waals surface area contributed by atoms with Crippen LogP contribution in [0.4, 0.5) is 0 Å². The highest BCUT2D eigenvalue weighted by Crippen LogP contribution is 2.12. The number of unbranched alkanes of at least 4 members (excludes halogenated alkanes) is 3. The van der Waals surface area contributed by atoms with Gasteiger partial charge in [0, 0.05) is 5.57 Å². The summed E-state index contributed by atoms with van der Waals surface area (Å²) in [4.78, 5) is 11.3. The van der Waals surface area contributed by atoms with Gasteiger partial charge in [0.25, 0.3) is 0 Å². The maximum absolute atomic E-state index is 11.3. The van der Waals surface area contributed by atoms with Crippen molar-refractivity contribution in [1.82, 2.24) is 0 Å². The van der Waals surface area contributed by atoms with Crippen LogP contribution in [0.5, 0.6) is 0 Å². The quantitative estimate of drug-likeness (QED) is 0.256. The van der Waals surface area contributed by atoms with E-state index in [4.69, 9.17) is 4.74 Å². The monoisotopic (exact) mass is 224 g/mol. The molecular weight excluding hydrogens is 200 g/mol. The first-order valence-electron chi connectivity index (χ1n) is 6.09. The fourth-order valence-corrected chi connectivity index (χ4v) is 1.44. The molecule has 1 atom stereocenters. The van der Waals surface area contributed by atoms with Crippen molar-refractivity contribution in [3.8, 4) is 0 Å². The van der Waals surface area contributed by atoms with Gasteiger partial charge in [-0.25, -0.2) is 4.79 Å². The second-order valence-corrected chi connectivity index (χ2v) is 4.14. The van der Waals surface area contributed by atoms with E-state index in [2.05, 4.69) is 13.2 Å². The van der Waals surface area contributed by atoms with Gasteiger partial charge in [0.15, 0.2) is 0 Å². The van der Waals surface area contributed by atoms with Gasteiger partial charge >= 0.3 is 5.97 Å². The lowest BCUT2D eigenvalue weighted by molar-refractivity contribution is -0.144. The van der Waals surface area contributed by atoms with E-state index in [0.29, 0.717) is 5.57 Å². The Kier molecular flexibility index (Phi) is 8.59. The first-order chi connectivity index (χ1) is 7.61. The third kappa shape index (κ3) is 7.27. The second kappa shape index (κ2) is 9.20. The highest BCUT2D eigenvalue weighted by atomic mass is 16.5. The van der Waals surface area contributed by atoms with Crippen LogP contribution in [0.3, 0.4) is 0 Å². The highest BCUT2D eigenvalue weighted by Gasteiger charge is 2.12. The standard InChI is InChI=1S/C14H24O2/c1-5-7-8-9-10-11-13(6-2)16-14(15)12(3)4/h5,13H,1,3,6-11H2,2,4H3. The number of carbonyl (C=O) groups is 1. The largest absolute Gasteiger partial charge is 0.459 e. The molecule has 0 rings (SSSR count). The fraction of sp³-hybridized carbons (Fsp3) is 0.643. The molecule has 0 aromatic heterocycles. The molecule has 2 nitrogen and oxygen atoms in total. The number of rotatable bonds is 9. The Morgan fingerprint density at radius 1 is 1.38 bits per heavy atom. The molecule has 0 amide bonds. The van der Waals surface area contributed by atoms with Crippen molar-refractivity contribution in [1.29, 1.82) is 0 Å². The van der Waals surface area contributed by atoms with E-state index in [1.165, 1.54) is 12.8 Å². The summed E-state index contributed by atoms with van der Waals surface area (Å²) in [7, 11) is 0. The van der Waals surface area contributed by atoms with Crippen LogP contribution in [0, 0.1) is 0 Å². The normalized spacial score (nSPS) is 11.9. The predicted octanol–water partition coefficient (Wildman–Crippen LogP) is 4.02. The van der Waals surface area contributed by atoms with Crippen LogP contribution in [0.15, 0.2) is 24.8 Å². The molecule has 0 aliphatic carbocycles. The zero-order chi connectivity index (χ0) is 12.4. The van der Waals surface area contributed by atoms with Gasteiger partial charge in [-0.2, -0.15) is 0 Å². The second-order valence-electron chi connectivity index (χ2n) is 4.14. The van der Waals surface area contributed by atoms with Crippen LogP contribution in [0.1, 0.15) is 52.4 Å². The minimum absolute atomic E-state index is 0.0490. The van der Waals surface area contributed by atoms with E-state index in [9.17, 15) is 4.79 Å². The first kappa shape index (κ1) is 14.9. The molecule has 0 saturated heterocycles. The van der Waals surface area contributed by atoms with Gasteiger partial charge < -0.3 is 4.74 Å². The van der Waals surface area contributed by atoms with E-state index in [1.54, 1.807) is 6.92 Å². The Morgan fingerprint density at radius 3 is 2.56 bits per heavy atom. The van der Waals surface area contributed by atoms with Crippen LogP contribution < -0.4 is 0 Å². The van der Waals surface area contributed by atoms with Gasteiger partial charge in [0.1, 0.15) is 6.10 Å². The maximum Gasteiger partial charge on any atom is 0.333 e. The number of hydrogen-bond acceptors (Lipinski definition) is 2. The molecule has 0 saturated carbocycles. The predicted molar refractivity (Wildman–Crippen MR) is 68.3 cm³/mol. The van der Waals surface area contributed by atoms with E-state index in [-0.39, 0.29) is 12.1 Å². The lowest BCUT2D eigenvalue weighted by Crippen LogP contribution is -2.17. The van der Waals surface area contributed by atoms with E-state index in [1.807, 2.05) is 13.0 Å². The Bertz CT molecular complexity index is 231. The number of carbonyl (C=O) groups excluding carboxylic acids is 1. The summed E-state index contributed by atoms with van der Waals surface area (Å²) in [5.41, 5.74) is 0.477. The van der Waals surface area contributed by atoms with Gasteiger partial charge in [-0.3, -0.25) is 0 Å². The zero-order valence-corrected chi connectivity index (χ0v) is 10.6. The average molecular weight is 224 g/mol. The van der Waals surface area contributed by atoms with Crippen LogP contribution >= 0.6 is 0 Å². The van der Waals surface area contributed by atoms with E-state index in [0.717, 1.165) is 25.7 Å². The summed E-state index contributed by atoms with van der Waals surface area (Å²) < 4.78 is 5.31. The van der Waals surface area contributed by atoms with Gasteiger partial charge in [-0.15, -0.1) is 6.58 Å². The Labute approximate surface area is 99.4 Å². The molecule has 92 valence electrons. The molecule has 2 heteroatoms. The number of allylic oxidation sites excluding steroid dienone is 1. The molecule has 0 aliphatic rings. The molecule has 0 aliphatic heterocycles. The highest BCUT2D eigenvalue weighted by molar-refractivity contribution is 5.87. The van der Waals surface area contributed by atoms with Crippen molar-refractivity contribution in [2.75, 3.05) is 0 Å². The van der Waals surface area contributed by atoms with Crippen LogP contribution in [-0.2, 0) is 9.53 Å². The van der Waals surface area contributed by atoms with Gasteiger partial charge in [0.05, 0.1) is 0 Å². The van der Waals surface area contributed by atoms with E-state index >= 15 is 0 Å². The van der Waals surface area contributed by atoms with Crippen molar-refractivity contribution < 1.29 is 9.53 Å². The molecule has 0 radical (unpaired) electrons. The molecule has 16 heavy (non-hydrogen) atoms. The maximum atomic E-state index is 11.3. The lowest BCUT2D eigenvalue weighted by Gasteiger charge is -2.15. The van der Waals surface area contributed by atoms with Crippen LogP contribution in [-0.4, -0.2) is 12.1 Å². The zero-order valence-electron chi connectivity index (χ0n) is 10.6. The Balaban J connectivity index is 3.70. The summed E-state index contributed by atoms with van der Waals surface area (Å²) >= 11 is 0. The summed E-state index contributed by atoms with van der Waals surface area (Å²) in [6.07, 6.45) is 8.35. The van der Waals surface area contributed by atoms with Crippen molar-refractivity contribution in [3.63, 3.8) is 0 Å². The van der Waals surface area contributed by atoms with Crippen LogP contribution in [0.2, 0.25) is 0 Å². The Hall–Kier alpha value is -1.05. The minimum atomic E-state index is -0.266. The van der Waals surface area contributed by atoms with Gasteiger partial charge in [0.2, 0.25) is 0 Å². The van der Waals surface area contributed by atoms with E-state index < -0.39 is 0 Å². The summed E-state index contributed by atoms with van der Waals surface area (Å²) in [5.74, 6) is -0.266. The summed E-state index contributed by atoms with van der Waals surface area (Å²) in [6.45, 7) is 11.0. The summed E-state index contributed by atoms with van der Waals surface area (Å²) in [5, 5.41) is 0. The number of ether oxygens (including phenoxy) is 1. The number of hydrogen-bond donors (Lipinski definition) is 0. The summed E-state index contributed by atoms with van der Waals surface area (Å²) in [6, 6.07) is 0. The van der Waals surface area contributed by atoms with Crippen molar-refractivity contribution in [2.24, 2.45) is 0 Å². The van der Waals surface area contributed by atoms with Crippen molar-refractivity contribution >= 4 is 5.97 Å². The molecule has 0 bridgehead atoms. The fourth-order valence-electron chi connectivity index (χ4n) is 1.44. The smallest absolute Gasteiger partial charge is 0.333 e. The molecular formula is C14H24O2. The average Bonchev–Trinajstić information content (AvgIpc) is 2.26. The molecule has 0 spiro atoms.